The van der Waals surface area contributed by atoms with Crippen molar-refractivity contribution in [1.82, 2.24) is 0 Å². The minimum Gasteiger partial charge on any atom is -0.538 e. The molecule has 0 bridgehead atoms. The topological polar surface area (TPSA) is 22.4 Å². The fourth-order valence-corrected chi connectivity index (χ4v) is 6.28. The molecule has 122 valence electrons. The van der Waals surface area contributed by atoms with Crippen LogP contribution in [0.3, 0.4) is 0 Å². The van der Waals surface area contributed by atoms with Gasteiger partial charge in [0.1, 0.15) is 17.1 Å². The summed E-state index contributed by atoms with van der Waals surface area (Å²) in [6.07, 6.45) is 2.20. The van der Waals surface area contributed by atoms with E-state index in [1.807, 2.05) is 24.3 Å². The van der Waals surface area contributed by atoms with Crippen LogP contribution in [0.1, 0.15) is 32.1 Å². The lowest BCUT2D eigenvalue weighted by atomic mass is 10.1. The van der Waals surface area contributed by atoms with Gasteiger partial charge in [-0.1, -0.05) is 57.2 Å². The summed E-state index contributed by atoms with van der Waals surface area (Å²) in [6, 6.07) is 18.6. The molecule has 0 aliphatic carbocycles. The molecule has 1 atom stereocenters. The van der Waals surface area contributed by atoms with E-state index in [2.05, 4.69) is 63.7 Å². The van der Waals surface area contributed by atoms with Crippen molar-refractivity contribution in [1.29, 1.82) is 0 Å². The summed E-state index contributed by atoms with van der Waals surface area (Å²) >= 11 is 0. The minimum absolute atomic E-state index is 0.0872. The lowest BCUT2D eigenvalue weighted by Crippen LogP contribution is -2.45. The normalized spacial score (nSPS) is 21.9. The van der Waals surface area contributed by atoms with E-state index in [0.717, 1.165) is 22.5 Å². The Labute approximate surface area is 143 Å². The maximum Gasteiger partial charge on any atom is 0.286 e. The Hall–Kier alpha value is -2.26. The molecule has 2 heterocycles. The van der Waals surface area contributed by atoms with Gasteiger partial charge in [0.2, 0.25) is 0 Å². The van der Waals surface area contributed by atoms with Crippen LogP contribution in [0, 0.1) is 0 Å². The summed E-state index contributed by atoms with van der Waals surface area (Å²) in [5, 5.41) is 2.53. The van der Waals surface area contributed by atoms with Gasteiger partial charge in [0, 0.05) is 10.9 Å². The molecule has 0 N–H and O–H groups in total. The summed E-state index contributed by atoms with van der Waals surface area (Å²) in [5.41, 5.74) is 2.14. The standard InChI is InChI=1S/C21H22O2Si/c1-21(2,3)24(4)20(17-10-6-8-12-19(17)23-24)14-16-13-15-9-5-7-11-18(15)22-16/h5-14H,1-4H3/b20-14-. The molecule has 0 radical (unpaired) electrons. The van der Waals surface area contributed by atoms with Crippen LogP contribution in [-0.4, -0.2) is 8.32 Å². The van der Waals surface area contributed by atoms with Gasteiger partial charge in [0.25, 0.3) is 8.32 Å². The Kier molecular flexibility index (Phi) is 3.26. The third-order valence-corrected chi connectivity index (χ3v) is 10.1. The molecule has 0 saturated heterocycles. The lowest BCUT2D eigenvalue weighted by molar-refractivity contribution is 0.513. The van der Waals surface area contributed by atoms with Gasteiger partial charge in [-0.05, 0) is 41.1 Å². The third-order valence-electron chi connectivity index (χ3n) is 5.17. The van der Waals surface area contributed by atoms with Crippen molar-refractivity contribution in [2.24, 2.45) is 0 Å². The molecule has 0 saturated carbocycles. The molecule has 1 aromatic heterocycles. The Morgan fingerprint density at radius 1 is 0.958 bits per heavy atom. The van der Waals surface area contributed by atoms with Gasteiger partial charge < -0.3 is 8.84 Å². The number of rotatable bonds is 1. The summed E-state index contributed by atoms with van der Waals surface area (Å²) in [4.78, 5) is 0. The van der Waals surface area contributed by atoms with Crippen LogP contribution in [0.4, 0.5) is 0 Å². The predicted molar refractivity (Wildman–Crippen MR) is 102 cm³/mol. The van der Waals surface area contributed by atoms with Gasteiger partial charge in [-0.25, -0.2) is 0 Å². The number of hydrogen-bond donors (Lipinski definition) is 0. The molecular formula is C21H22O2Si. The molecule has 2 aromatic carbocycles. The van der Waals surface area contributed by atoms with Gasteiger partial charge >= 0.3 is 0 Å². The van der Waals surface area contributed by atoms with Crippen molar-refractivity contribution < 1.29 is 8.84 Å². The van der Waals surface area contributed by atoms with Crippen molar-refractivity contribution in [3.05, 3.63) is 65.9 Å². The number of fused-ring (bicyclic) bond motifs is 2. The highest BCUT2D eigenvalue weighted by molar-refractivity contribution is 6.95. The molecular weight excluding hydrogens is 312 g/mol. The molecule has 1 aliphatic rings. The van der Waals surface area contributed by atoms with Crippen molar-refractivity contribution in [3.8, 4) is 5.75 Å². The average Bonchev–Trinajstić information content (AvgIpc) is 3.07. The van der Waals surface area contributed by atoms with E-state index < -0.39 is 8.32 Å². The lowest BCUT2D eigenvalue weighted by Gasteiger charge is -2.36. The van der Waals surface area contributed by atoms with Gasteiger partial charge in [-0.3, -0.25) is 0 Å². The van der Waals surface area contributed by atoms with Crippen LogP contribution in [0.15, 0.2) is 59.0 Å². The zero-order chi connectivity index (χ0) is 16.9. The van der Waals surface area contributed by atoms with Gasteiger partial charge in [0.15, 0.2) is 0 Å². The Balaban J connectivity index is 1.91. The second-order valence-corrected chi connectivity index (χ2v) is 11.9. The first kappa shape index (κ1) is 15.3. The van der Waals surface area contributed by atoms with Crippen LogP contribution in [-0.2, 0) is 0 Å². The highest BCUT2D eigenvalue weighted by Gasteiger charge is 2.52. The van der Waals surface area contributed by atoms with Crippen LogP contribution >= 0.6 is 0 Å². The van der Waals surface area contributed by atoms with Gasteiger partial charge in [0.05, 0.1) is 0 Å². The Morgan fingerprint density at radius 2 is 1.67 bits per heavy atom. The van der Waals surface area contributed by atoms with E-state index in [0.29, 0.717) is 0 Å². The van der Waals surface area contributed by atoms with Crippen molar-refractivity contribution in [2.75, 3.05) is 0 Å². The largest absolute Gasteiger partial charge is 0.538 e. The van der Waals surface area contributed by atoms with Gasteiger partial charge in [-0.2, -0.15) is 0 Å². The van der Waals surface area contributed by atoms with E-state index >= 15 is 0 Å². The van der Waals surface area contributed by atoms with Crippen LogP contribution in [0.5, 0.6) is 5.75 Å². The smallest absolute Gasteiger partial charge is 0.286 e. The molecule has 0 fully saturated rings. The summed E-state index contributed by atoms with van der Waals surface area (Å²) in [5.74, 6) is 1.90. The first-order chi connectivity index (χ1) is 11.4. The third kappa shape index (κ3) is 2.23. The monoisotopic (exact) mass is 334 g/mol. The van der Waals surface area contributed by atoms with Crippen LogP contribution < -0.4 is 4.43 Å². The summed E-state index contributed by atoms with van der Waals surface area (Å²) in [7, 11) is -2.15. The molecule has 0 amide bonds. The number of benzene rings is 2. The number of furan rings is 1. The van der Waals surface area contributed by atoms with E-state index in [1.165, 1.54) is 10.8 Å². The molecule has 0 spiro atoms. The summed E-state index contributed by atoms with van der Waals surface area (Å²) < 4.78 is 12.6. The minimum atomic E-state index is -2.15. The van der Waals surface area contributed by atoms with E-state index in [4.69, 9.17) is 8.84 Å². The van der Waals surface area contributed by atoms with E-state index in [1.54, 1.807) is 0 Å². The molecule has 24 heavy (non-hydrogen) atoms. The van der Waals surface area contributed by atoms with Crippen molar-refractivity contribution in [2.45, 2.75) is 32.4 Å². The maximum atomic E-state index is 6.55. The molecule has 1 unspecified atom stereocenters. The molecule has 4 rings (SSSR count). The van der Waals surface area contributed by atoms with Crippen molar-refractivity contribution >= 4 is 30.6 Å². The highest BCUT2D eigenvalue weighted by atomic mass is 28.4. The van der Waals surface area contributed by atoms with Gasteiger partial charge in [-0.15, -0.1) is 0 Å². The zero-order valence-corrected chi connectivity index (χ0v) is 15.6. The van der Waals surface area contributed by atoms with Crippen LogP contribution in [0.2, 0.25) is 11.6 Å². The molecule has 1 aliphatic heterocycles. The van der Waals surface area contributed by atoms with Crippen molar-refractivity contribution in [3.63, 3.8) is 0 Å². The summed E-state index contributed by atoms with van der Waals surface area (Å²) in [6.45, 7) is 9.13. The first-order valence-corrected chi connectivity index (χ1v) is 10.8. The predicted octanol–water partition coefficient (Wildman–Crippen LogP) is 6.28. The Bertz CT molecular complexity index is 913. The first-order valence-electron chi connectivity index (χ1n) is 8.38. The SMILES string of the molecule is CC(C)(C)[Si]1(C)Oc2ccccc2/C1=C/c1cc2ccccc2o1. The second kappa shape index (κ2) is 5.12. The molecule has 3 aromatic rings. The van der Waals surface area contributed by atoms with E-state index in [9.17, 15) is 0 Å². The fraction of sp³-hybridized carbons (Fsp3) is 0.238. The Morgan fingerprint density at radius 3 is 2.42 bits per heavy atom. The maximum absolute atomic E-state index is 6.55. The van der Waals surface area contributed by atoms with Crippen LogP contribution in [0.25, 0.3) is 22.2 Å². The van der Waals surface area contributed by atoms with E-state index in [-0.39, 0.29) is 5.04 Å². The fourth-order valence-electron chi connectivity index (χ4n) is 3.30. The number of hydrogen-bond acceptors (Lipinski definition) is 2. The molecule has 3 heteroatoms. The average molecular weight is 334 g/mol. The zero-order valence-electron chi connectivity index (χ0n) is 14.6. The second-order valence-electron chi connectivity index (χ2n) is 7.63. The number of para-hydroxylation sites is 2. The quantitative estimate of drug-likeness (QED) is 0.489. The highest BCUT2D eigenvalue weighted by Crippen LogP contribution is 2.52. The molecule has 2 nitrogen and oxygen atoms in total.